The first-order chi connectivity index (χ1) is 7.98. The van der Waals surface area contributed by atoms with Crippen LogP contribution in [0.5, 0.6) is 0 Å². The molecule has 4 N–H and O–H groups in total. The first-order valence-electron chi connectivity index (χ1n) is 6.58. The minimum absolute atomic E-state index is 0.200. The topological polar surface area (TPSA) is 76.0 Å². The fraction of sp³-hybridized carbons (Fsp3) is 1.00. The Bertz CT molecular complexity index is 276. The van der Waals surface area contributed by atoms with Crippen LogP contribution in [0.2, 0.25) is 0 Å². The smallest absolute Gasteiger partial charge is 0.135 e. The number of aliphatic hydroxyl groups is 3. The third kappa shape index (κ3) is 2.35. The monoisotopic (exact) mass is 244 g/mol. The molecule has 0 radical (unpaired) electrons. The molecule has 0 aromatic carbocycles. The van der Waals surface area contributed by atoms with Crippen LogP contribution in [-0.2, 0) is 0 Å². The van der Waals surface area contributed by atoms with Crippen molar-refractivity contribution in [3.63, 3.8) is 0 Å². The Balaban J connectivity index is 2.13. The van der Waals surface area contributed by atoms with Gasteiger partial charge in [-0.05, 0) is 19.8 Å². The number of rotatable bonds is 3. The van der Waals surface area contributed by atoms with E-state index in [-0.39, 0.29) is 12.1 Å². The van der Waals surface area contributed by atoms with Crippen molar-refractivity contribution in [1.29, 1.82) is 0 Å². The van der Waals surface area contributed by atoms with Crippen LogP contribution in [0.15, 0.2) is 0 Å². The zero-order chi connectivity index (χ0) is 12.6. The van der Waals surface area contributed by atoms with Crippen LogP contribution in [-0.4, -0.2) is 63.3 Å². The van der Waals surface area contributed by atoms with Crippen LogP contribution in [0.3, 0.4) is 0 Å². The fourth-order valence-corrected chi connectivity index (χ4v) is 3.02. The van der Waals surface area contributed by atoms with Crippen molar-refractivity contribution in [3.8, 4) is 0 Å². The highest BCUT2D eigenvalue weighted by Crippen LogP contribution is 2.34. The molecule has 2 fully saturated rings. The molecule has 17 heavy (non-hydrogen) atoms. The fourth-order valence-electron chi connectivity index (χ4n) is 3.02. The minimum atomic E-state index is -1.07. The zero-order valence-electron chi connectivity index (χ0n) is 10.6. The van der Waals surface area contributed by atoms with Crippen LogP contribution >= 0.6 is 0 Å². The second-order valence-electron chi connectivity index (χ2n) is 5.46. The van der Waals surface area contributed by atoms with Gasteiger partial charge in [-0.15, -0.1) is 0 Å². The van der Waals surface area contributed by atoms with Crippen LogP contribution in [0.1, 0.15) is 33.1 Å². The van der Waals surface area contributed by atoms with Crippen molar-refractivity contribution in [1.82, 2.24) is 10.2 Å². The third-order valence-corrected chi connectivity index (χ3v) is 4.20. The molecule has 2 rings (SSSR count). The summed E-state index contributed by atoms with van der Waals surface area (Å²) in [5.41, 5.74) is -1.07. The maximum Gasteiger partial charge on any atom is 0.135 e. The highest BCUT2D eigenvalue weighted by molar-refractivity contribution is 5.06. The van der Waals surface area contributed by atoms with E-state index in [2.05, 4.69) is 17.1 Å². The predicted molar refractivity (Wildman–Crippen MR) is 64.4 cm³/mol. The number of aliphatic hydroxyl groups excluding tert-OH is 2. The summed E-state index contributed by atoms with van der Waals surface area (Å²) >= 11 is 0. The standard InChI is InChI=1S/C12H24N2O3/c1-3-8(2)13-12(17)5-7-14-6-4-9(15)10(16)11(12)14/h8-11,13,15-17H,3-7H2,1-2H3. The molecule has 5 heteroatoms. The average Bonchev–Trinajstić information content (AvgIpc) is 2.62. The van der Waals surface area contributed by atoms with E-state index in [0.29, 0.717) is 12.8 Å². The maximum atomic E-state index is 10.7. The van der Waals surface area contributed by atoms with Gasteiger partial charge in [0.2, 0.25) is 0 Å². The Kier molecular flexibility index (Phi) is 3.75. The van der Waals surface area contributed by atoms with E-state index in [1.807, 2.05) is 6.92 Å². The number of nitrogens with one attached hydrogen (secondary N) is 1. The van der Waals surface area contributed by atoms with Gasteiger partial charge < -0.3 is 15.3 Å². The maximum absolute atomic E-state index is 10.7. The molecule has 2 saturated heterocycles. The van der Waals surface area contributed by atoms with Crippen LogP contribution in [0, 0.1) is 0 Å². The zero-order valence-corrected chi connectivity index (χ0v) is 10.6. The first-order valence-corrected chi connectivity index (χ1v) is 6.58. The molecular formula is C12H24N2O3. The van der Waals surface area contributed by atoms with Gasteiger partial charge in [-0.25, -0.2) is 0 Å². The van der Waals surface area contributed by atoms with Crippen molar-refractivity contribution in [2.75, 3.05) is 13.1 Å². The molecule has 0 amide bonds. The Labute approximate surface area is 102 Å². The quantitative estimate of drug-likeness (QED) is 0.492. The highest BCUT2D eigenvalue weighted by Gasteiger charge is 2.53. The second kappa shape index (κ2) is 4.82. The lowest BCUT2D eigenvalue weighted by Gasteiger charge is -2.43. The largest absolute Gasteiger partial charge is 0.390 e. The minimum Gasteiger partial charge on any atom is -0.390 e. The Hall–Kier alpha value is -0.200. The lowest BCUT2D eigenvalue weighted by atomic mass is 9.90. The molecule has 0 aromatic rings. The molecule has 5 atom stereocenters. The molecule has 2 aliphatic rings. The number of nitrogens with zero attached hydrogens (tertiary/aromatic N) is 1. The van der Waals surface area contributed by atoms with Gasteiger partial charge in [0.25, 0.3) is 0 Å². The van der Waals surface area contributed by atoms with Crippen LogP contribution < -0.4 is 5.32 Å². The summed E-state index contributed by atoms with van der Waals surface area (Å²) in [6, 6.07) is -0.188. The van der Waals surface area contributed by atoms with E-state index in [9.17, 15) is 15.3 Å². The van der Waals surface area contributed by atoms with E-state index in [0.717, 1.165) is 19.5 Å². The Morgan fingerprint density at radius 1 is 1.41 bits per heavy atom. The van der Waals surface area contributed by atoms with Crippen molar-refractivity contribution in [2.45, 2.75) is 63.1 Å². The molecule has 0 aromatic heterocycles. The number of hydrogen-bond donors (Lipinski definition) is 4. The molecule has 0 spiro atoms. The van der Waals surface area contributed by atoms with Crippen LogP contribution in [0.4, 0.5) is 0 Å². The van der Waals surface area contributed by atoms with Gasteiger partial charge in [-0.3, -0.25) is 10.2 Å². The van der Waals surface area contributed by atoms with E-state index < -0.39 is 17.9 Å². The van der Waals surface area contributed by atoms with Gasteiger partial charge >= 0.3 is 0 Å². The molecule has 2 heterocycles. The van der Waals surface area contributed by atoms with Gasteiger partial charge in [0, 0.05) is 25.6 Å². The summed E-state index contributed by atoms with van der Waals surface area (Å²) in [6.07, 6.45) is 0.517. The summed E-state index contributed by atoms with van der Waals surface area (Å²) in [7, 11) is 0. The Morgan fingerprint density at radius 3 is 2.76 bits per heavy atom. The summed E-state index contributed by atoms with van der Waals surface area (Å²) < 4.78 is 0. The van der Waals surface area contributed by atoms with Crippen molar-refractivity contribution >= 4 is 0 Å². The second-order valence-corrected chi connectivity index (χ2v) is 5.46. The van der Waals surface area contributed by atoms with Crippen LogP contribution in [0.25, 0.3) is 0 Å². The highest BCUT2D eigenvalue weighted by atomic mass is 16.3. The first kappa shape index (κ1) is 13.2. The number of fused-ring (bicyclic) bond motifs is 1. The van der Waals surface area contributed by atoms with Crippen molar-refractivity contribution in [3.05, 3.63) is 0 Å². The van der Waals surface area contributed by atoms with Gasteiger partial charge in [-0.2, -0.15) is 0 Å². The van der Waals surface area contributed by atoms with Crippen molar-refractivity contribution < 1.29 is 15.3 Å². The van der Waals surface area contributed by atoms with Gasteiger partial charge in [-0.1, -0.05) is 6.92 Å². The molecule has 5 nitrogen and oxygen atoms in total. The molecule has 0 aliphatic carbocycles. The summed E-state index contributed by atoms with van der Waals surface area (Å²) in [6.45, 7) is 5.59. The lowest BCUT2D eigenvalue weighted by Crippen LogP contribution is -2.65. The summed E-state index contributed by atoms with van der Waals surface area (Å²) in [5.74, 6) is 0. The van der Waals surface area contributed by atoms with Gasteiger partial charge in [0.15, 0.2) is 0 Å². The van der Waals surface area contributed by atoms with Crippen molar-refractivity contribution in [2.24, 2.45) is 0 Å². The van der Waals surface area contributed by atoms with E-state index in [4.69, 9.17) is 0 Å². The number of piperidine rings is 1. The van der Waals surface area contributed by atoms with Gasteiger partial charge in [0.1, 0.15) is 5.72 Å². The summed E-state index contributed by atoms with van der Waals surface area (Å²) in [4.78, 5) is 2.08. The van der Waals surface area contributed by atoms with Gasteiger partial charge in [0.05, 0.1) is 18.2 Å². The molecule has 0 bridgehead atoms. The van der Waals surface area contributed by atoms with E-state index >= 15 is 0 Å². The average molecular weight is 244 g/mol. The predicted octanol–water partition coefficient (Wildman–Crippen LogP) is -0.737. The normalized spacial score (nSPS) is 44.6. The molecule has 2 aliphatic heterocycles. The summed E-state index contributed by atoms with van der Waals surface area (Å²) in [5, 5.41) is 33.7. The lowest BCUT2D eigenvalue weighted by molar-refractivity contribution is -0.132. The number of hydrogen-bond acceptors (Lipinski definition) is 5. The van der Waals surface area contributed by atoms with E-state index in [1.54, 1.807) is 0 Å². The SMILES string of the molecule is CCC(C)NC1(O)CCN2CCC(O)C(O)C21. The Morgan fingerprint density at radius 2 is 2.12 bits per heavy atom. The molecule has 100 valence electrons. The third-order valence-electron chi connectivity index (χ3n) is 4.20. The molecule has 0 saturated carbocycles. The molecular weight excluding hydrogens is 220 g/mol. The van der Waals surface area contributed by atoms with E-state index in [1.165, 1.54) is 0 Å². The molecule has 5 unspecified atom stereocenters.